The van der Waals surface area contributed by atoms with Crippen molar-refractivity contribution in [1.29, 1.82) is 0 Å². The van der Waals surface area contributed by atoms with Crippen molar-refractivity contribution in [3.8, 4) is 22.9 Å². The fourth-order valence-electron chi connectivity index (χ4n) is 10.5. The number of carbonyl (C=O) groups is 1. The van der Waals surface area contributed by atoms with Crippen LogP contribution in [-0.2, 0) is 15.0 Å². The first-order chi connectivity index (χ1) is 31.5. The van der Waals surface area contributed by atoms with Gasteiger partial charge in [-0.2, -0.15) is 15.1 Å². The van der Waals surface area contributed by atoms with E-state index < -0.39 is 17.0 Å². The molecule has 1 aliphatic carbocycles. The minimum absolute atomic E-state index is 0.0251. The third kappa shape index (κ3) is 7.13. The lowest BCUT2D eigenvalue weighted by Gasteiger charge is -2.36. The van der Waals surface area contributed by atoms with E-state index in [9.17, 15) is 9.90 Å². The number of fused-ring (bicyclic) bond motifs is 4. The molecule has 2 aromatic heterocycles. The van der Waals surface area contributed by atoms with E-state index in [-0.39, 0.29) is 41.8 Å². The van der Waals surface area contributed by atoms with Gasteiger partial charge in [0.15, 0.2) is 0 Å². The van der Waals surface area contributed by atoms with Crippen LogP contribution < -0.4 is 9.64 Å². The van der Waals surface area contributed by atoms with Gasteiger partial charge in [0.05, 0.1) is 30.8 Å². The molecule has 0 unspecified atom stereocenters. The number of amides is 1. The molecule has 1 saturated carbocycles. The Kier molecular flexibility index (Phi) is 10.1. The molecular formula is C53H53FN6O5. The molecule has 0 radical (unpaired) electrons. The van der Waals surface area contributed by atoms with Crippen LogP contribution in [0, 0.1) is 18.7 Å². The van der Waals surface area contributed by atoms with Gasteiger partial charge in [0.25, 0.3) is 0 Å². The number of phenolic OH excluding ortho intramolecular Hbond substituents is 1. The van der Waals surface area contributed by atoms with Crippen molar-refractivity contribution in [2.24, 2.45) is 5.92 Å². The number of likely N-dealkylation sites (tertiary alicyclic amines) is 1. The molecule has 11 nitrogen and oxygen atoms in total. The Morgan fingerprint density at radius 2 is 1.51 bits per heavy atom. The fourth-order valence-corrected chi connectivity index (χ4v) is 10.5. The molecule has 0 spiro atoms. The Morgan fingerprint density at radius 3 is 2.08 bits per heavy atom. The Bertz CT molecular complexity index is 2830. The number of ether oxygens (including phenoxy) is 3. The zero-order valence-corrected chi connectivity index (χ0v) is 37.2. The van der Waals surface area contributed by atoms with Gasteiger partial charge in [-0.25, -0.2) is 9.18 Å². The summed E-state index contributed by atoms with van der Waals surface area (Å²) in [5.41, 5.74) is 4.66. The Hall–Kier alpha value is -6.53. The Balaban J connectivity index is 1.11. The summed E-state index contributed by atoms with van der Waals surface area (Å²) in [6, 6.07) is 34.5. The van der Waals surface area contributed by atoms with Gasteiger partial charge in [-0.1, -0.05) is 91.0 Å². The topological polar surface area (TPSA) is 115 Å². The van der Waals surface area contributed by atoms with Crippen molar-refractivity contribution in [1.82, 2.24) is 24.6 Å². The van der Waals surface area contributed by atoms with Gasteiger partial charge in [-0.15, -0.1) is 0 Å². The van der Waals surface area contributed by atoms with Gasteiger partial charge in [0.2, 0.25) is 0 Å². The van der Waals surface area contributed by atoms with Crippen LogP contribution in [0.25, 0.3) is 32.9 Å². The highest BCUT2D eigenvalue weighted by Gasteiger charge is 2.48. The summed E-state index contributed by atoms with van der Waals surface area (Å²) < 4.78 is 36.4. The summed E-state index contributed by atoms with van der Waals surface area (Å²) >= 11 is 0. The number of hydrogen-bond donors (Lipinski definition) is 1. The predicted molar refractivity (Wildman–Crippen MR) is 248 cm³/mol. The maximum absolute atomic E-state index is 16.7. The molecule has 3 atom stereocenters. The number of aromatic hydroxyl groups is 1. The molecule has 65 heavy (non-hydrogen) atoms. The minimum atomic E-state index is -0.942. The molecule has 3 aliphatic heterocycles. The third-order valence-corrected chi connectivity index (χ3v) is 13.8. The lowest BCUT2D eigenvalue weighted by molar-refractivity contribution is 0.0214. The first-order valence-electron chi connectivity index (χ1n) is 22.9. The minimum Gasteiger partial charge on any atom is -0.505 e. The number of piperazine rings is 1. The van der Waals surface area contributed by atoms with Gasteiger partial charge in [0, 0.05) is 59.8 Å². The van der Waals surface area contributed by atoms with Gasteiger partial charge >= 0.3 is 12.1 Å². The van der Waals surface area contributed by atoms with Gasteiger partial charge in [-0.05, 0) is 93.2 Å². The number of nitrogens with zero attached hydrogens (tertiary/aromatic N) is 6. The van der Waals surface area contributed by atoms with Crippen LogP contribution in [0.5, 0.6) is 11.8 Å². The standard InChI is InChI=1S/C53H53FN6O5/c1-32-43(54)26-44-42(29-60(57-44)53(35-14-8-5-9-15-35,36-16-10-6-11-17-36)37-18-12-7-13-19-37)45(32)46-40(34-20-21-34)25-41-47(48(46)61)55-50(64-31-33-22-23-63-30-33)56-49(41)58-27-39-24-38(58)28-59(39)51(62)65-52(2,3)4/h5-19,25-26,29,33-34,38-39,61H,20-24,27-28,30-31H2,1-4H3/t33-,38-,39-/m0/s1. The molecular weight excluding hydrogens is 820 g/mol. The van der Waals surface area contributed by atoms with E-state index in [1.807, 2.05) is 91.1 Å². The van der Waals surface area contributed by atoms with Crippen molar-refractivity contribution in [2.45, 2.75) is 82.5 Å². The number of benzene rings is 5. The highest BCUT2D eigenvalue weighted by atomic mass is 19.1. The first kappa shape index (κ1) is 41.2. The summed E-state index contributed by atoms with van der Waals surface area (Å²) in [5.74, 6) is 0.510. The maximum Gasteiger partial charge on any atom is 0.410 e. The molecule has 4 aliphatic rings. The lowest BCUT2D eigenvalue weighted by atomic mass is 9.77. The van der Waals surface area contributed by atoms with E-state index in [1.165, 1.54) is 6.07 Å². The van der Waals surface area contributed by atoms with E-state index in [0.717, 1.165) is 47.9 Å². The summed E-state index contributed by atoms with van der Waals surface area (Å²) in [7, 11) is 0. The van der Waals surface area contributed by atoms with Crippen LogP contribution >= 0.6 is 0 Å². The van der Waals surface area contributed by atoms with Crippen LogP contribution in [0.4, 0.5) is 15.0 Å². The number of aromatic nitrogens is 4. The molecule has 332 valence electrons. The molecule has 3 saturated heterocycles. The Labute approximate surface area is 377 Å². The zero-order valence-electron chi connectivity index (χ0n) is 37.2. The smallest absolute Gasteiger partial charge is 0.410 e. The lowest BCUT2D eigenvalue weighted by Crippen LogP contribution is -2.50. The average Bonchev–Trinajstić information content (AvgIpc) is 3.62. The number of carbonyl (C=O) groups excluding carboxylic acids is 1. The molecule has 1 N–H and O–H groups in total. The molecule has 1 amide bonds. The second-order valence-corrected chi connectivity index (χ2v) is 19.2. The highest BCUT2D eigenvalue weighted by Crippen LogP contribution is 2.54. The van der Waals surface area contributed by atoms with E-state index in [4.69, 9.17) is 29.3 Å². The highest BCUT2D eigenvalue weighted by molar-refractivity contribution is 6.06. The van der Waals surface area contributed by atoms with Crippen molar-refractivity contribution in [2.75, 3.05) is 37.8 Å². The van der Waals surface area contributed by atoms with E-state index in [0.29, 0.717) is 77.2 Å². The molecule has 5 heterocycles. The van der Waals surface area contributed by atoms with Crippen molar-refractivity contribution in [3.63, 3.8) is 0 Å². The van der Waals surface area contributed by atoms with E-state index in [1.54, 1.807) is 6.92 Å². The fraction of sp³-hybridized carbons (Fsp3) is 0.358. The summed E-state index contributed by atoms with van der Waals surface area (Å²) in [6.07, 6.45) is 5.19. The SMILES string of the molecule is Cc1c(F)cc2nn(C(c3ccccc3)(c3ccccc3)c3ccccc3)cc2c1-c1c(C2CC2)cc2c(N3C[C@@H]4C[C@H]3CN4C(=O)OC(C)(C)C)nc(OC[C@H]3CCOC3)nc2c1O. The molecule has 5 aromatic carbocycles. The normalized spacial score (nSPS) is 19.7. The molecule has 4 fully saturated rings. The summed E-state index contributed by atoms with van der Waals surface area (Å²) in [6.45, 7) is 10.1. The van der Waals surface area contributed by atoms with Crippen LogP contribution in [0.1, 0.15) is 80.2 Å². The quantitative estimate of drug-likeness (QED) is 0.134. The summed E-state index contributed by atoms with van der Waals surface area (Å²) in [5, 5.41) is 19.6. The predicted octanol–water partition coefficient (Wildman–Crippen LogP) is 10.1. The monoisotopic (exact) mass is 872 g/mol. The molecule has 11 rings (SSSR count). The van der Waals surface area contributed by atoms with Gasteiger partial charge < -0.3 is 29.1 Å². The first-order valence-corrected chi connectivity index (χ1v) is 22.9. The maximum atomic E-state index is 16.7. The van der Waals surface area contributed by atoms with Gasteiger partial charge in [-0.3, -0.25) is 4.68 Å². The number of anilines is 1. The van der Waals surface area contributed by atoms with E-state index in [2.05, 4.69) is 47.4 Å². The number of phenols is 1. The number of rotatable bonds is 10. The third-order valence-electron chi connectivity index (χ3n) is 13.8. The summed E-state index contributed by atoms with van der Waals surface area (Å²) in [4.78, 5) is 27.4. The van der Waals surface area contributed by atoms with Crippen LogP contribution in [0.3, 0.4) is 0 Å². The number of hydrogen-bond acceptors (Lipinski definition) is 9. The average molecular weight is 873 g/mol. The van der Waals surface area contributed by atoms with Gasteiger partial charge in [0.1, 0.15) is 34.0 Å². The molecule has 12 heteroatoms. The van der Waals surface area contributed by atoms with E-state index >= 15 is 4.39 Å². The van der Waals surface area contributed by atoms with Crippen molar-refractivity contribution < 1.29 is 28.5 Å². The second-order valence-electron chi connectivity index (χ2n) is 19.2. The van der Waals surface area contributed by atoms with Crippen LogP contribution in [0.15, 0.2) is 109 Å². The second kappa shape index (κ2) is 15.9. The molecule has 2 bridgehead atoms. The number of halogens is 1. The largest absolute Gasteiger partial charge is 0.505 e. The zero-order chi connectivity index (χ0) is 44.6. The van der Waals surface area contributed by atoms with Crippen molar-refractivity contribution in [3.05, 3.63) is 143 Å². The van der Waals surface area contributed by atoms with Crippen molar-refractivity contribution >= 4 is 33.7 Å². The van der Waals surface area contributed by atoms with Crippen LogP contribution in [0.2, 0.25) is 0 Å². The van der Waals surface area contributed by atoms with Crippen LogP contribution in [-0.4, -0.2) is 86.4 Å². The Morgan fingerprint density at radius 1 is 0.846 bits per heavy atom. The molecule has 7 aromatic rings.